The fraction of sp³-hybridized carbons (Fsp3) is 0.217. The second kappa shape index (κ2) is 10.7. The van der Waals surface area contributed by atoms with Gasteiger partial charge in [0.1, 0.15) is 5.76 Å². The fourth-order valence-electron chi connectivity index (χ4n) is 2.93. The minimum absolute atomic E-state index is 0.0211. The maximum Gasteiger partial charge on any atom is 0.338 e. The van der Waals surface area contributed by atoms with Crippen molar-refractivity contribution >= 4 is 21.9 Å². The summed E-state index contributed by atoms with van der Waals surface area (Å²) in [4.78, 5) is 26.4. The Morgan fingerprint density at radius 2 is 1.81 bits per heavy atom. The van der Waals surface area contributed by atoms with E-state index in [0.29, 0.717) is 18.8 Å². The number of nitrogens with zero attached hydrogens (tertiary/aromatic N) is 1. The molecular formula is C23H24N2O6S. The molecule has 0 radical (unpaired) electrons. The van der Waals surface area contributed by atoms with E-state index in [2.05, 4.69) is 4.72 Å². The molecule has 32 heavy (non-hydrogen) atoms. The van der Waals surface area contributed by atoms with Gasteiger partial charge in [-0.15, -0.1) is 0 Å². The Labute approximate surface area is 186 Å². The van der Waals surface area contributed by atoms with E-state index in [4.69, 9.17) is 9.15 Å². The van der Waals surface area contributed by atoms with E-state index in [1.165, 1.54) is 30.5 Å². The van der Waals surface area contributed by atoms with Crippen LogP contribution < -0.4 is 4.72 Å². The summed E-state index contributed by atoms with van der Waals surface area (Å²) in [7, 11) is -3.87. The van der Waals surface area contributed by atoms with Gasteiger partial charge in [0.25, 0.3) is 5.91 Å². The van der Waals surface area contributed by atoms with Gasteiger partial charge in [-0.1, -0.05) is 36.4 Å². The van der Waals surface area contributed by atoms with Crippen LogP contribution in [0.3, 0.4) is 0 Å². The Kier molecular flexibility index (Phi) is 7.80. The molecule has 168 valence electrons. The van der Waals surface area contributed by atoms with Gasteiger partial charge in [-0.3, -0.25) is 4.79 Å². The third-order valence-corrected chi connectivity index (χ3v) is 6.07. The van der Waals surface area contributed by atoms with Crippen LogP contribution in [-0.4, -0.2) is 38.3 Å². The Balaban J connectivity index is 1.59. The monoisotopic (exact) mass is 456 g/mol. The second-order valence-electron chi connectivity index (χ2n) is 6.90. The van der Waals surface area contributed by atoms with E-state index in [9.17, 15) is 18.0 Å². The Bertz CT molecular complexity index is 1140. The summed E-state index contributed by atoms with van der Waals surface area (Å²) in [6.07, 6.45) is 1.45. The third kappa shape index (κ3) is 6.29. The van der Waals surface area contributed by atoms with Crippen molar-refractivity contribution in [2.75, 3.05) is 13.2 Å². The van der Waals surface area contributed by atoms with Gasteiger partial charge in [0.15, 0.2) is 6.61 Å². The summed E-state index contributed by atoms with van der Waals surface area (Å²) in [5, 5.41) is 0. The molecule has 0 spiro atoms. The Morgan fingerprint density at radius 1 is 1.03 bits per heavy atom. The molecule has 0 aliphatic carbocycles. The number of nitrogens with one attached hydrogen (secondary N) is 1. The highest BCUT2D eigenvalue weighted by Gasteiger charge is 2.19. The predicted octanol–water partition coefficient (Wildman–Crippen LogP) is 2.96. The topological polar surface area (TPSA) is 106 Å². The summed E-state index contributed by atoms with van der Waals surface area (Å²) in [5.41, 5.74) is 0.999. The standard InChI is InChI=1S/C23H24N2O6S/c1-2-25(16-18-8-4-3-5-9-18)22(26)17-31-23(27)19-10-6-12-21(14-19)32(28,29)24-15-20-11-7-13-30-20/h3-14,24H,2,15-17H2,1H3. The van der Waals surface area contributed by atoms with Crippen LogP contribution in [0.4, 0.5) is 0 Å². The van der Waals surface area contributed by atoms with Gasteiger partial charge in [0.2, 0.25) is 10.0 Å². The number of esters is 1. The molecule has 0 fully saturated rings. The number of hydrogen-bond acceptors (Lipinski definition) is 6. The van der Waals surface area contributed by atoms with Gasteiger partial charge in [-0.05, 0) is 42.8 Å². The van der Waals surface area contributed by atoms with Crippen molar-refractivity contribution in [2.45, 2.75) is 24.9 Å². The van der Waals surface area contributed by atoms with Crippen molar-refractivity contribution in [3.8, 4) is 0 Å². The van der Waals surface area contributed by atoms with Crippen LogP contribution in [-0.2, 0) is 32.6 Å². The zero-order chi connectivity index (χ0) is 23.0. The quantitative estimate of drug-likeness (QED) is 0.470. The van der Waals surface area contributed by atoms with Gasteiger partial charge < -0.3 is 14.1 Å². The summed E-state index contributed by atoms with van der Waals surface area (Å²) in [6.45, 7) is 2.25. The minimum atomic E-state index is -3.87. The molecule has 0 atom stereocenters. The van der Waals surface area contributed by atoms with Crippen molar-refractivity contribution in [2.24, 2.45) is 0 Å². The van der Waals surface area contributed by atoms with Gasteiger partial charge >= 0.3 is 5.97 Å². The second-order valence-corrected chi connectivity index (χ2v) is 8.67. The van der Waals surface area contributed by atoms with E-state index in [-0.39, 0.29) is 22.9 Å². The molecule has 1 N–H and O–H groups in total. The Morgan fingerprint density at radius 3 is 2.50 bits per heavy atom. The van der Waals surface area contributed by atoms with E-state index in [1.54, 1.807) is 17.0 Å². The molecule has 0 aliphatic rings. The van der Waals surface area contributed by atoms with Crippen LogP contribution in [0.2, 0.25) is 0 Å². The molecule has 8 nitrogen and oxygen atoms in total. The summed E-state index contributed by atoms with van der Waals surface area (Å²) in [6, 6.07) is 18.2. The zero-order valence-corrected chi connectivity index (χ0v) is 18.4. The number of rotatable bonds is 10. The summed E-state index contributed by atoms with van der Waals surface area (Å²) in [5.74, 6) is -0.663. The predicted molar refractivity (Wildman–Crippen MR) is 117 cm³/mol. The van der Waals surface area contributed by atoms with E-state index in [1.807, 2.05) is 37.3 Å². The largest absolute Gasteiger partial charge is 0.468 e. The van der Waals surface area contributed by atoms with Crippen molar-refractivity contribution in [1.82, 2.24) is 9.62 Å². The molecule has 3 rings (SSSR count). The van der Waals surface area contributed by atoms with Crippen LogP contribution in [0, 0.1) is 0 Å². The van der Waals surface area contributed by atoms with Crippen molar-refractivity contribution in [3.63, 3.8) is 0 Å². The SMILES string of the molecule is CCN(Cc1ccccc1)C(=O)COC(=O)c1cccc(S(=O)(=O)NCc2ccco2)c1. The molecule has 1 amide bonds. The number of sulfonamides is 1. The molecule has 9 heteroatoms. The number of hydrogen-bond donors (Lipinski definition) is 1. The maximum atomic E-state index is 12.5. The average molecular weight is 457 g/mol. The fourth-order valence-corrected chi connectivity index (χ4v) is 3.97. The molecular weight excluding hydrogens is 432 g/mol. The summed E-state index contributed by atoms with van der Waals surface area (Å²) < 4.78 is 37.7. The molecule has 0 saturated heterocycles. The first-order valence-corrected chi connectivity index (χ1v) is 11.5. The van der Waals surface area contributed by atoms with Gasteiger partial charge in [-0.2, -0.15) is 0 Å². The first kappa shape index (κ1) is 23.2. The molecule has 3 aromatic rings. The number of benzene rings is 2. The lowest BCUT2D eigenvalue weighted by Gasteiger charge is -2.20. The number of ether oxygens (including phenoxy) is 1. The highest BCUT2D eigenvalue weighted by atomic mass is 32.2. The van der Waals surface area contributed by atoms with Crippen molar-refractivity contribution in [3.05, 3.63) is 89.9 Å². The Hall–Kier alpha value is -3.43. The molecule has 1 heterocycles. The van der Waals surface area contributed by atoms with E-state index >= 15 is 0 Å². The van der Waals surface area contributed by atoms with Crippen LogP contribution in [0.5, 0.6) is 0 Å². The lowest BCUT2D eigenvalue weighted by atomic mass is 10.2. The van der Waals surface area contributed by atoms with E-state index < -0.39 is 22.6 Å². The molecule has 0 bridgehead atoms. The van der Waals surface area contributed by atoms with Crippen LogP contribution in [0.1, 0.15) is 28.6 Å². The number of carbonyl (C=O) groups is 2. The number of likely N-dealkylation sites (N-methyl/N-ethyl adjacent to an activating group) is 1. The normalized spacial score (nSPS) is 11.2. The first-order chi connectivity index (χ1) is 15.4. The van der Waals surface area contributed by atoms with Crippen LogP contribution in [0.15, 0.2) is 82.3 Å². The van der Waals surface area contributed by atoms with E-state index in [0.717, 1.165) is 5.56 Å². The third-order valence-electron chi connectivity index (χ3n) is 4.67. The average Bonchev–Trinajstić information content (AvgIpc) is 3.34. The van der Waals surface area contributed by atoms with Crippen LogP contribution in [0.25, 0.3) is 0 Å². The van der Waals surface area contributed by atoms with Crippen molar-refractivity contribution in [1.29, 1.82) is 0 Å². The van der Waals surface area contributed by atoms with Gasteiger partial charge in [0, 0.05) is 13.1 Å². The highest BCUT2D eigenvalue weighted by molar-refractivity contribution is 7.89. The van der Waals surface area contributed by atoms with Crippen LogP contribution >= 0.6 is 0 Å². The zero-order valence-electron chi connectivity index (χ0n) is 17.6. The number of carbonyl (C=O) groups excluding carboxylic acids is 2. The molecule has 0 saturated carbocycles. The summed E-state index contributed by atoms with van der Waals surface area (Å²) >= 11 is 0. The molecule has 0 aliphatic heterocycles. The molecule has 0 unspecified atom stereocenters. The van der Waals surface area contributed by atoms with Gasteiger partial charge in [0.05, 0.1) is 23.3 Å². The minimum Gasteiger partial charge on any atom is -0.468 e. The molecule has 1 aromatic heterocycles. The smallest absolute Gasteiger partial charge is 0.338 e. The lowest BCUT2D eigenvalue weighted by molar-refractivity contribution is -0.134. The molecule has 2 aromatic carbocycles. The number of furan rings is 1. The lowest BCUT2D eigenvalue weighted by Crippen LogP contribution is -2.34. The number of amides is 1. The van der Waals surface area contributed by atoms with Gasteiger partial charge in [-0.25, -0.2) is 17.9 Å². The van der Waals surface area contributed by atoms with Crippen molar-refractivity contribution < 1.29 is 27.2 Å². The maximum absolute atomic E-state index is 12.5. The highest BCUT2D eigenvalue weighted by Crippen LogP contribution is 2.14. The first-order valence-electron chi connectivity index (χ1n) is 10.00.